The number of aromatic nitrogens is 3. The van der Waals surface area contributed by atoms with E-state index in [0.29, 0.717) is 4.68 Å². The number of benzene rings is 1. The van der Waals surface area contributed by atoms with Crippen molar-refractivity contribution in [3.63, 3.8) is 0 Å². The van der Waals surface area contributed by atoms with Gasteiger partial charge < -0.3 is 20.4 Å². The molecular weight excluding hydrogens is 361 g/mol. The summed E-state index contributed by atoms with van der Waals surface area (Å²) in [6.07, 6.45) is -1.31. The predicted octanol–water partition coefficient (Wildman–Crippen LogP) is -0.735. The number of hydrogen-bond acceptors (Lipinski definition) is 7. The first kappa shape index (κ1) is 20.1. The van der Waals surface area contributed by atoms with Crippen LogP contribution in [0.25, 0.3) is 11.0 Å². The molecule has 2 rings (SSSR count). The van der Waals surface area contributed by atoms with Crippen LogP contribution in [0.2, 0.25) is 0 Å². The van der Waals surface area contributed by atoms with E-state index in [0.717, 1.165) is 0 Å². The summed E-state index contributed by atoms with van der Waals surface area (Å²) in [6, 6.07) is 3.92. The molecule has 3 unspecified atom stereocenters. The number of aliphatic carboxylic acids is 3. The molecule has 1 heterocycles. The van der Waals surface area contributed by atoms with Gasteiger partial charge in [-0.1, -0.05) is 17.3 Å². The van der Waals surface area contributed by atoms with Crippen molar-refractivity contribution in [1.29, 1.82) is 0 Å². The summed E-state index contributed by atoms with van der Waals surface area (Å²) in [7, 11) is -1.17. The van der Waals surface area contributed by atoms with E-state index in [1.165, 1.54) is 18.2 Å². The van der Waals surface area contributed by atoms with Gasteiger partial charge in [-0.3, -0.25) is 4.79 Å². The van der Waals surface area contributed by atoms with Gasteiger partial charge in [-0.15, -0.1) is 5.10 Å². The van der Waals surface area contributed by atoms with Crippen LogP contribution >= 0.6 is 8.69 Å². The Morgan fingerprint density at radius 3 is 2.24 bits per heavy atom. The van der Waals surface area contributed by atoms with E-state index >= 15 is 0 Å². The van der Waals surface area contributed by atoms with Crippen molar-refractivity contribution in [2.45, 2.75) is 18.1 Å². The van der Waals surface area contributed by atoms with Crippen molar-refractivity contribution in [2.75, 3.05) is 0 Å². The first-order valence-corrected chi connectivity index (χ1v) is 7.26. The summed E-state index contributed by atoms with van der Waals surface area (Å²) in [5, 5.41) is 44.6. The highest BCUT2D eigenvalue weighted by atomic mass is 31.1. The van der Waals surface area contributed by atoms with Crippen molar-refractivity contribution in [3.8, 4) is 0 Å². The highest BCUT2D eigenvalue weighted by molar-refractivity contribution is 7.16. The summed E-state index contributed by atoms with van der Waals surface area (Å²) >= 11 is 0. The minimum atomic E-state index is -3.09. The first-order chi connectivity index (χ1) is 11.7. The lowest BCUT2D eigenvalue weighted by atomic mass is 9.90. The lowest BCUT2D eigenvalue weighted by molar-refractivity contribution is -0.177. The third-order valence-corrected chi connectivity index (χ3v) is 3.10. The zero-order chi connectivity index (χ0) is 19.2. The van der Waals surface area contributed by atoms with Gasteiger partial charge in [0, 0.05) is 0 Å². The zero-order valence-electron chi connectivity index (χ0n) is 12.3. The van der Waals surface area contributed by atoms with Gasteiger partial charge in [0.05, 0.1) is 11.9 Å². The Kier molecular flexibility index (Phi) is 6.62. The van der Waals surface area contributed by atoms with Crippen molar-refractivity contribution in [3.05, 3.63) is 24.3 Å². The van der Waals surface area contributed by atoms with Gasteiger partial charge in [0.25, 0.3) is 0 Å². The van der Waals surface area contributed by atoms with Gasteiger partial charge in [0.1, 0.15) is 5.52 Å². The first-order valence-electron chi connectivity index (χ1n) is 6.40. The number of nitrogens with zero attached hydrogens (tertiary/aromatic N) is 3. The molecule has 5 N–H and O–H groups in total. The molecule has 0 radical (unpaired) electrons. The topological polar surface area (TPSA) is 200 Å². The van der Waals surface area contributed by atoms with E-state index < -0.39 is 44.7 Å². The number of fused-ring (bicyclic) bond motifs is 1. The number of carbonyl (C=O) groups is 3. The molecule has 0 aliphatic rings. The second-order valence-electron chi connectivity index (χ2n) is 4.65. The second-order valence-corrected chi connectivity index (χ2v) is 4.84. The maximum Gasteiger partial charge on any atom is 0.491 e. The monoisotopic (exact) mass is 374 g/mol. The highest BCUT2D eigenvalue weighted by Gasteiger charge is 2.52. The van der Waals surface area contributed by atoms with Crippen LogP contribution in [-0.4, -0.2) is 63.8 Å². The lowest BCUT2D eigenvalue weighted by Gasteiger charge is -2.28. The van der Waals surface area contributed by atoms with E-state index in [9.17, 15) is 24.6 Å². The predicted molar refractivity (Wildman–Crippen MR) is 80.3 cm³/mol. The number of rotatable bonds is 6. The molecule has 0 saturated carbocycles. The van der Waals surface area contributed by atoms with Gasteiger partial charge >= 0.3 is 26.6 Å². The number of carboxylic acid groups (broad SMARTS) is 3. The highest BCUT2D eigenvalue weighted by Crippen LogP contribution is 2.29. The van der Waals surface area contributed by atoms with E-state index in [-0.39, 0.29) is 11.0 Å². The van der Waals surface area contributed by atoms with Crippen LogP contribution in [0.15, 0.2) is 24.3 Å². The maximum absolute atomic E-state index is 11.5. The van der Waals surface area contributed by atoms with Gasteiger partial charge in [-0.25, -0.2) is 14.3 Å². The summed E-state index contributed by atoms with van der Waals surface area (Å²) in [5.74, 6) is -5.40. The SMILES string of the molecule is O=C(O)CC(O)(C(=O)O)C(C(=O)O)n1nnc2ccccc21.O=[PH+]O. The number of para-hydroxylation sites is 1. The van der Waals surface area contributed by atoms with E-state index in [1.54, 1.807) is 6.07 Å². The fraction of sp³-hybridized carbons (Fsp3) is 0.250. The van der Waals surface area contributed by atoms with Crippen LogP contribution in [-0.2, 0) is 18.9 Å². The van der Waals surface area contributed by atoms with E-state index in [2.05, 4.69) is 10.3 Å². The molecule has 2 aromatic rings. The molecule has 0 saturated heterocycles. The van der Waals surface area contributed by atoms with Gasteiger partial charge in [0.15, 0.2) is 6.04 Å². The molecule has 0 fully saturated rings. The Hall–Kier alpha value is -2.95. The second kappa shape index (κ2) is 8.24. The Bertz CT molecular complexity index is 808. The molecule has 0 spiro atoms. The average Bonchev–Trinajstić information content (AvgIpc) is 2.91. The summed E-state index contributed by atoms with van der Waals surface area (Å²) < 4.78 is 9.20. The summed E-state index contributed by atoms with van der Waals surface area (Å²) in [6.45, 7) is 0. The zero-order valence-corrected chi connectivity index (χ0v) is 13.3. The van der Waals surface area contributed by atoms with Gasteiger partial charge in [-0.05, 0) is 16.7 Å². The molecule has 0 aliphatic carbocycles. The van der Waals surface area contributed by atoms with Crippen molar-refractivity contribution >= 4 is 37.6 Å². The van der Waals surface area contributed by atoms with Crippen molar-refractivity contribution < 1.29 is 44.3 Å². The largest absolute Gasteiger partial charge is 0.491 e. The van der Waals surface area contributed by atoms with Crippen molar-refractivity contribution in [1.82, 2.24) is 15.0 Å². The van der Waals surface area contributed by atoms with Gasteiger partial charge in [0.2, 0.25) is 5.60 Å². The number of aliphatic hydroxyl groups is 1. The molecule has 25 heavy (non-hydrogen) atoms. The fourth-order valence-electron chi connectivity index (χ4n) is 2.11. The minimum Gasteiger partial charge on any atom is -0.481 e. The number of carboxylic acids is 3. The lowest BCUT2D eigenvalue weighted by Crippen LogP contribution is -2.51. The molecule has 0 bridgehead atoms. The average molecular weight is 374 g/mol. The standard InChI is InChI=1S/C12H11N3O7.HO2P/c16-8(17)5-12(22,11(20)21)9(10(18)19)15-7-4-2-1-3-6(7)13-14-15;1-3-2/h1-4,9,22H,5H2,(H,16,17)(H,18,19)(H,20,21);3H/p+1. The molecule has 0 aliphatic heterocycles. The van der Waals surface area contributed by atoms with Gasteiger partial charge in [-0.2, -0.15) is 4.89 Å². The van der Waals surface area contributed by atoms with Crippen LogP contribution in [0.5, 0.6) is 0 Å². The Morgan fingerprint density at radius 2 is 1.76 bits per heavy atom. The molecular formula is C12H13N3O9P+. The number of hydrogen-bond donors (Lipinski definition) is 5. The van der Waals surface area contributed by atoms with Crippen LogP contribution in [0, 0.1) is 0 Å². The minimum absolute atomic E-state index is 0.153. The molecule has 13 heteroatoms. The Labute approximate surface area is 140 Å². The van der Waals surface area contributed by atoms with E-state index in [1.807, 2.05) is 0 Å². The van der Waals surface area contributed by atoms with Crippen LogP contribution < -0.4 is 0 Å². The molecule has 0 amide bonds. The van der Waals surface area contributed by atoms with Crippen LogP contribution in [0.1, 0.15) is 12.5 Å². The summed E-state index contributed by atoms with van der Waals surface area (Å²) in [5.41, 5.74) is -2.66. The Morgan fingerprint density at radius 1 is 1.20 bits per heavy atom. The smallest absolute Gasteiger partial charge is 0.481 e. The van der Waals surface area contributed by atoms with E-state index in [4.69, 9.17) is 19.7 Å². The fourth-order valence-corrected chi connectivity index (χ4v) is 2.11. The molecule has 1 aromatic heterocycles. The maximum atomic E-state index is 11.5. The molecule has 12 nitrogen and oxygen atoms in total. The third kappa shape index (κ3) is 4.32. The van der Waals surface area contributed by atoms with Crippen LogP contribution in [0.3, 0.4) is 0 Å². The van der Waals surface area contributed by atoms with Crippen LogP contribution in [0.4, 0.5) is 0 Å². The normalized spacial score (nSPS) is 14.2. The Balaban J connectivity index is 0.000000970. The summed E-state index contributed by atoms with van der Waals surface area (Å²) in [4.78, 5) is 40.6. The van der Waals surface area contributed by atoms with Crippen molar-refractivity contribution in [2.24, 2.45) is 0 Å². The molecule has 1 aromatic carbocycles. The quantitative estimate of drug-likeness (QED) is 0.399. The molecule has 3 atom stereocenters. The third-order valence-electron chi connectivity index (χ3n) is 3.10. The molecule has 134 valence electrons.